The summed E-state index contributed by atoms with van der Waals surface area (Å²) in [4.78, 5) is 13.3. The van der Waals surface area contributed by atoms with E-state index in [0.717, 1.165) is 12.8 Å². The lowest BCUT2D eigenvalue weighted by atomic mass is 10.1. The summed E-state index contributed by atoms with van der Waals surface area (Å²) in [5.41, 5.74) is 2.50. The van der Waals surface area contributed by atoms with Gasteiger partial charge in [0.15, 0.2) is 0 Å². The third kappa shape index (κ3) is 4.86. The molecule has 0 aromatic heterocycles. The summed E-state index contributed by atoms with van der Waals surface area (Å²) in [5, 5.41) is 3.20. The van der Waals surface area contributed by atoms with Crippen molar-refractivity contribution in [1.29, 1.82) is 0 Å². The minimum absolute atomic E-state index is 0.183. The van der Waals surface area contributed by atoms with E-state index in [9.17, 15) is 4.79 Å². The average Bonchev–Trinajstić information content (AvgIpc) is 2.68. The van der Waals surface area contributed by atoms with E-state index in [-0.39, 0.29) is 5.91 Å². The SMILES string of the molecule is Cc1ccc(C)c(SCC(=O)NC2CCCCCC2)c1. The average molecular weight is 291 g/mol. The second-order valence-electron chi connectivity index (χ2n) is 5.81. The van der Waals surface area contributed by atoms with E-state index >= 15 is 0 Å². The molecule has 3 heteroatoms. The number of hydrogen-bond acceptors (Lipinski definition) is 2. The van der Waals surface area contributed by atoms with E-state index in [1.807, 2.05) is 0 Å². The lowest BCUT2D eigenvalue weighted by Crippen LogP contribution is -2.35. The van der Waals surface area contributed by atoms with Crippen molar-refractivity contribution in [3.05, 3.63) is 29.3 Å². The van der Waals surface area contributed by atoms with Crippen molar-refractivity contribution >= 4 is 17.7 Å². The Labute approximate surface area is 126 Å². The summed E-state index contributed by atoms with van der Waals surface area (Å²) >= 11 is 1.65. The molecule has 20 heavy (non-hydrogen) atoms. The fraction of sp³-hybridized carbons (Fsp3) is 0.588. The van der Waals surface area contributed by atoms with Crippen molar-refractivity contribution < 1.29 is 4.79 Å². The first-order chi connectivity index (χ1) is 9.65. The number of carbonyl (C=O) groups excluding carboxylic acids is 1. The zero-order valence-electron chi connectivity index (χ0n) is 12.6. The van der Waals surface area contributed by atoms with Crippen LogP contribution >= 0.6 is 11.8 Å². The minimum Gasteiger partial charge on any atom is -0.353 e. The minimum atomic E-state index is 0.183. The van der Waals surface area contributed by atoms with E-state index in [1.165, 1.54) is 41.7 Å². The summed E-state index contributed by atoms with van der Waals surface area (Å²) in [6, 6.07) is 6.81. The molecule has 1 fully saturated rings. The molecule has 1 aliphatic rings. The Kier molecular flexibility index (Phi) is 5.96. The van der Waals surface area contributed by atoms with Crippen LogP contribution in [0.25, 0.3) is 0 Å². The Morgan fingerprint density at radius 3 is 2.60 bits per heavy atom. The van der Waals surface area contributed by atoms with Gasteiger partial charge in [0.2, 0.25) is 5.91 Å². The van der Waals surface area contributed by atoms with Crippen LogP contribution in [-0.2, 0) is 4.79 Å². The van der Waals surface area contributed by atoms with Gasteiger partial charge in [-0.3, -0.25) is 4.79 Å². The molecule has 0 radical (unpaired) electrons. The molecule has 1 aliphatic carbocycles. The smallest absolute Gasteiger partial charge is 0.230 e. The van der Waals surface area contributed by atoms with Crippen LogP contribution in [-0.4, -0.2) is 17.7 Å². The number of aryl methyl sites for hydroxylation is 2. The van der Waals surface area contributed by atoms with Gasteiger partial charge in [0.25, 0.3) is 0 Å². The van der Waals surface area contributed by atoms with Gasteiger partial charge in [0, 0.05) is 10.9 Å². The van der Waals surface area contributed by atoms with Crippen LogP contribution in [0.1, 0.15) is 49.7 Å². The molecular weight excluding hydrogens is 266 g/mol. The monoisotopic (exact) mass is 291 g/mol. The molecule has 0 atom stereocenters. The second kappa shape index (κ2) is 7.72. The second-order valence-corrected chi connectivity index (χ2v) is 6.83. The van der Waals surface area contributed by atoms with Crippen molar-refractivity contribution in [3.8, 4) is 0 Å². The first-order valence-electron chi connectivity index (χ1n) is 7.64. The van der Waals surface area contributed by atoms with Crippen LogP contribution in [0.2, 0.25) is 0 Å². The summed E-state index contributed by atoms with van der Waals surface area (Å²) in [5.74, 6) is 0.712. The summed E-state index contributed by atoms with van der Waals surface area (Å²) in [6.45, 7) is 4.19. The topological polar surface area (TPSA) is 29.1 Å². The Morgan fingerprint density at radius 2 is 1.90 bits per heavy atom. The number of carbonyl (C=O) groups is 1. The molecular formula is C17H25NOS. The molecule has 1 amide bonds. The quantitative estimate of drug-likeness (QED) is 0.664. The van der Waals surface area contributed by atoms with E-state index in [1.54, 1.807) is 11.8 Å². The number of amides is 1. The van der Waals surface area contributed by atoms with Crippen LogP contribution < -0.4 is 5.32 Å². The van der Waals surface area contributed by atoms with Crippen LogP contribution in [0.5, 0.6) is 0 Å². The Bertz CT molecular complexity index is 450. The third-order valence-corrected chi connectivity index (χ3v) is 5.08. The Balaban J connectivity index is 1.81. The van der Waals surface area contributed by atoms with Crippen LogP contribution in [0.3, 0.4) is 0 Å². The van der Waals surface area contributed by atoms with Gasteiger partial charge in [-0.05, 0) is 38.3 Å². The highest BCUT2D eigenvalue weighted by Crippen LogP contribution is 2.23. The first kappa shape index (κ1) is 15.4. The van der Waals surface area contributed by atoms with Gasteiger partial charge in [-0.15, -0.1) is 11.8 Å². The van der Waals surface area contributed by atoms with Crippen LogP contribution in [0, 0.1) is 13.8 Å². The molecule has 0 unspecified atom stereocenters. The number of benzene rings is 1. The number of nitrogens with one attached hydrogen (secondary N) is 1. The predicted molar refractivity (Wildman–Crippen MR) is 86.3 cm³/mol. The molecule has 2 rings (SSSR count). The molecule has 1 aromatic rings. The fourth-order valence-electron chi connectivity index (χ4n) is 2.70. The molecule has 110 valence electrons. The van der Waals surface area contributed by atoms with E-state index in [0.29, 0.717) is 11.8 Å². The lowest BCUT2D eigenvalue weighted by molar-refractivity contribution is -0.119. The van der Waals surface area contributed by atoms with E-state index in [4.69, 9.17) is 0 Å². The highest BCUT2D eigenvalue weighted by Gasteiger charge is 2.14. The van der Waals surface area contributed by atoms with Gasteiger partial charge in [-0.2, -0.15) is 0 Å². The van der Waals surface area contributed by atoms with Crippen molar-refractivity contribution in [3.63, 3.8) is 0 Å². The molecule has 0 spiro atoms. The predicted octanol–water partition coefficient (Wildman–Crippen LogP) is 4.23. The number of thioether (sulfide) groups is 1. The van der Waals surface area contributed by atoms with Gasteiger partial charge in [-0.25, -0.2) is 0 Å². The maximum atomic E-state index is 12.1. The Morgan fingerprint density at radius 1 is 1.20 bits per heavy atom. The normalized spacial score (nSPS) is 16.7. The fourth-order valence-corrected chi connectivity index (χ4v) is 3.63. The lowest BCUT2D eigenvalue weighted by Gasteiger charge is -2.16. The summed E-state index contributed by atoms with van der Waals surface area (Å²) < 4.78 is 0. The number of hydrogen-bond donors (Lipinski definition) is 1. The zero-order chi connectivity index (χ0) is 14.4. The van der Waals surface area contributed by atoms with Gasteiger partial charge in [0.05, 0.1) is 5.75 Å². The molecule has 0 aliphatic heterocycles. The highest BCUT2D eigenvalue weighted by atomic mass is 32.2. The number of rotatable bonds is 4. The molecule has 0 bridgehead atoms. The van der Waals surface area contributed by atoms with Crippen molar-refractivity contribution in [1.82, 2.24) is 5.32 Å². The summed E-state index contributed by atoms with van der Waals surface area (Å²) in [6.07, 6.45) is 7.47. The van der Waals surface area contributed by atoms with Crippen LogP contribution in [0.15, 0.2) is 23.1 Å². The van der Waals surface area contributed by atoms with Crippen LogP contribution in [0.4, 0.5) is 0 Å². The van der Waals surface area contributed by atoms with Gasteiger partial charge < -0.3 is 5.32 Å². The van der Waals surface area contributed by atoms with Gasteiger partial charge >= 0.3 is 0 Å². The van der Waals surface area contributed by atoms with Gasteiger partial charge in [-0.1, -0.05) is 43.4 Å². The molecule has 1 saturated carbocycles. The maximum absolute atomic E-state index is 12.1. The molecule has 0 saturated heterocycles. The van der Waals surface area contributed by atoms with E-state index < -0.39 is 0 Å². The molecule has 0 heterocycles. The first-order valence-corrected chi connectivity index (χ1v) is 8.63. The van der Waals surface area contributed by atoms with Crippen molar-refractivity contribution in [2.75, 3.05) is 5.75 Å². The standard InChI is InChI=1S/C17H25NOS/c1-13-9-10-14(2)16(11-13)20-12-17(19)18-15-7-5-3-4-6-8-15/h9-11,15H,3-8,12H2,1-2H3,(H,18,19). The highest BCUT2D eigenvalue weighted by molar-refractivity contribution is 8.00. The third-order valence-electron chi connectivity index (χ3n) is 3.92. The molecule has 1 aromatic carbocycles. The summed E-state index contributed by atoms with van der Waals surface area (Å²) in [7, 11) is 0. The van der Waals surface area contributed by atoms with Crippen molar-refractivity contribution in [2.24, 2.45) is 0 Å². The maximum Gasteiger partial charge on any atom is 0.230 e. The van der Waals surface area contributed by atoms with E-state index in [2.05, 4.69) is 37.4 Å². The van der Waals surface area contributed by atoms with Crippen molar-refractivity contribution in [2.45, 2.75) is 63.3 Å². The Hall–Kier alpha value is -0.960. The molecule has 1 N–H and O–H groups in total. The van der Waals surface area contributed by atoms with Gasteiger partial charge in [0.1, 0.15) is 0 Å². The molecule has 2 nitrogen and oxygen atoms in total. The zero-order valence-corrected chi connectivity index (χ0v) is 13.4. The largest absolute Gasteiger partial charge is 0.353 e.